The van der Waals surface area contributed by atoms with E-state index >= 15 is 0 Å². The Labute approximate surface area is 107 Å². The number of rotatable bonds is 3. The van der Waals surface area contributed by atoms with Crippen LogP contribution in [0.25, 0.3) is 0 Å². The highest BCUT2D eigenvalue weighted by Gasteiger charge is 2.10. The zero-order valence-electron chi connectivity index (χ0n) is 8.68. The van der Waals surface area contributed by atoms with Gasteiger partial charge in [-0.25, -0.2) is 0 Å². The third-order valence-electron chi connectivity index (χ3n) is 1.91. The van der Waals surface area contributed by atoms with Crippen LogP contribution in [0, 0.1) is 6.92 Å². The zero-order valence-corrected chi connectivity index (χ0v) is 11.9. The quantitative estimate of drug-likeness (QED) is 0.844. The standard InChI is InChI=1S/C11H13Br2NO/c1-7-3-4-10(13)9(5-7)11(15)14-6-8(2)12/h3-5,8H,6H2,1-2H3,(H,14,15). The molecule has 0 aliphatic heterocycles. The van der Waals surface area contributed by atoms with Crippen LogP contribution in [0.15, 0.2) is 22.7 Å². The number of aryl methyl sites for hydroxylation is 1. The van der Waals surface area contributed by atoms with Crippen LogP contribution in [0.3, 0.4) is 0 Å². The van der Waals surface area contributed by atoms with Crippen LogP contribution in [-0.4, -0.2) is 17.3 Å². The van der Waals surface area contributed by atoms with E-state index in [9.17, 15) is 4.79 Å². The first-order valence-electron chi connectivity index (χ1n) is 4.69. The van der Waals surface area contributed by atoms with E-state index in [2.05, 4.69) is 37.2 Å². The van der Waals surface area contributed by atoms with Gasteiger partial charge in [0.1, 0.15) is 0 Å². The normalized spacial score (nSPS) is 12.3. The van der Waals surface area contributed by atoms with E-state index in [0.29, 0.717) is 12.1 Å². The molecule has 0 fully saturated rings. The largest absolute Gasteiger partial charge is 0.351 e. The SMILES string of the molecule is Cc1ccc(Br)c(C(=O)NCC(C)Br)c1. The minimum Gasteiger partial charge on any atom is -0.351 e. The van der Waals surface area contributed by atoms with Crippen LogP contribution in [0.5, 0.6) is 0 Å². The molecule has 1 rings (SSSR count). The molecule has 0 heterocycles. The maximum absolute atomic E-state index is 11.8. The Bertz CT molecular complexity index is 364. The van der Waals surface area contributed by atoms with Gasteiger partial charge < -0.3 is 5.32 Å². The van der Waals surface area contributed by atoms with Crippen molar-refractivity contribution < 1.29 is 4.79 Å². The fourth-order valence-corrected chi connectivity index (χ4v) is 1.73. The zero-order chi connectivity index (χ0) is 11.4. The Kier molecular flexibility index (Phi) is 4.80. The number of hydrogen-bond acceptors (Lipinski definition) is 1. The van der Waals surface area contributed by atoms with Gasteiger partial charge in [-0.05, 0) is 35.0 Å². The lowest BCUT2D eigenvalue weighted by Crippen LogP contribution is -2.28. The maximum atomic E-state index is 11.8. The van der Waals surface area contributed by atoms with E-state index in [0.717, 1.165) is 10.0 Å². The Morgan fingerprint density at radius 1 is 1.53 bits per heavy atom. The second kappa shape index (κ2) is 5.66. The first kappa shape index (κ1) is 12.7. The Hall–Kier alpha value is -0.350. The van der Waals surface area contributed by atoms with Gasteiger partial charge in [-0.1, -0.05) is 34.5 Å². The summed E-state index contributed by atoms with van der Waals surface area (Å²) in [6, 6.07) is 5.73. The van der Waals surface area contributed by atoms with E-state index in [4.69, 9.17) is 0 Å². The number of nitrogens with one attached hydrogen (secondary N) is 1. The van der Waals surface area contributed by atoms with Crippen LogP contribution in [0.1, 0.15) is 22.8 Å². The average molecular weight is 335 g/mol. The summed E-state index contributed by atoms with van der Waals surface area (Å²) in [4.78, 5) is 12.0. The van der Waals surface area contributed by atoms with Crippen molar-refractivity contribution in [3.05, 3.63) is 33.8 Å². The van der Waals surface area contributed by atoms with Crippen molar-refractivity contribution in [2.45, 2.75) is 18.7 Å². The van der Waals surface area contributed by atoms with Gasteiger partial charge in [0.2, 0.25) is 0 Å². The first-order valence-corrected chi connectivity index (χ1v) is 6.40. The molecule has 1 amide bonds. The van der Waals surface area contributed by atoms with Crippen molar-refractivity contribution in [2.24, 2.45) is 0 Å². The number of benzene rings is 1. The van der Waals surface area contributed by atoms with Gasteiger partial charge in [0.25, 0.3) is 5.91 Å². The van der Waals surface area contributed by atoms with E-state index in [1.165, 1.54) is 0 Å². The summed E-state index contributed by atoms with van der Waals surface area (Å²) in [6.07, 6.45) is 0. The molecular weight excluding hydrogens is 322 g/mol. The second-order valence-electron chi connectivity index (χ2n) is 3.47. The van der Waals surface area contributed by atoms with E-state index in [1.54, 1.807) is 0 Å². The third-order valence-corrected chi connectivity index (χ3v) is 2.93. The number of hydrogen-bond donors (Lipinski definition) is 1. The predicted octanol–water partition coefficient (Wildman–Crippen LogP) is 3.27. The Morgan fingerprint density at radius 2 is 2.20 bits per heavy atom. The fourth-order valence-electron chi connectivity index (χ4n) is 1.14. The van der Waals surface area contributed by atoms with Crippen molar-refractivity contribution in [1.82, 2.24) is 5.32 Å². The molecule has 15 heavy (non-hydrogen) atoms. The monoisotopic (exact) mass is 333 g/mol. The minimum atomic E-state index is -0.0446. The molecule has 2 nitrogen and oxygen atoms in total. The Morgan fingerprint density at radius 3 is 2.80 bits per heavy atom. The molecule has 1 aromatic rings. The summed E-state index contributed by atoms with van der Waals surface area (Å²) in [7, 11) is 0. The number of halogens is 2. The van der Waals surface area contributed by atoms with E-state index in [1.807, 2.05) is 32.0 Å². The summed E-state index contributed by atoms with van der Waals surface area (Å²) in [5.41, 5.74) is 1.76. The number of carbonyl (C=O) groups is 1. The summed E-state index contributed by atoms with van der Waals surface area (Å²) in [5, 5.41) is 2.85. The fraction of sp³-hybridized carbons (Fsp3) is 0.364. The summed E-state index contributed by atoms with van der Waals surface area (Å²) in [6.45, 7) is 4.58. The Balaban J connectivity index is 2.77. The van der Waals surface area contributed by atoms with Crippen molar-refractivity contribution in [1.29, 1.82) is 0 Å². The van der Waals surface area contributed by atoms with Crippen LogP contribution >= 0.6 is 31.9 Å². The highest BCUT2D eigenvalue weighted by Crippen LogP contribution is 2.17. The van der Waals surface area contributed by atoms with Gasteiger partial charge in [0, 0.05) is 15.8 Å². The molecule has 0 saturated heterocycles. The van der Waals surface area contributed by atoms with Gasteiger partial charge in [-0.2, -0.15) is 0 Å². The highest BCUT2D eigenvalue weighted by molar-refractivity contribution is 9.10. The highest BCUT2D eigenvalue weighted by atomic mass is 79.9. The van der Waals surface area contributed by atoms with E-state index in [-0.39, 0.29) is 10.7 Å². The molecular formula is C11H13Br2NO. The maximum Gasteiger partial charge on any atom is 0.252 e. The third kappa shape index (κ3) is 3.95. The van der Waals surface area contributed by atoms with E-state index < -0.39 is 0 Å². The lowest BCUT2D eigenvalue weighted by molar-refractivity contribution is 0.0953. The molecule has 4 heteroatoms. The van der Waals surface area contributed by atoms with Gasteiger partial charge in [-0.15, -0.1) is 0 Å². The molecule has 1 aromatic carbocycles. The van der Waals surface area contributed by atoms with Gasteiger partial charge in [-0.3, -0.25) is 4.79 Å². The van der Waals surface area contributed by atoms with Crippen LogP contribution in [-0.2, 0) is 0 Å². The average Bonchev–Trinajstić information content (AvgIpc) is 2.18. The lowest BCUT2D eigenvalue weighted by Gasteiger charge is -2.08. The molecule has 1 atom stereocenters. The lowest BCUT2D eigenvalue weighted by atomic mass is 10.1. The van der Waals surface area contributed by atoms with Gasteiger partial charge >= 0.3 is 0 Å². The molecule has 0 bridgehead atoms. The molecule has 0 radical (unpaired) electrons. The van der Waals surface area contributed by atoms with Crippen LogP contribution in [0.4, 0.5) is 0 Å². The minimum absolute atomic E-state index is 0.0446. The topological polar surface area (TPSA) is 29.1 Å². The summed E-state index contributed by atoms with van der Waals surface area (Å²) < 4.78 is 0.827. The molecule has 0 aliphatic rings. The van der Waals surface area contributed by atoms with Crippen molar-refractivity contribution in [3.8, 4) is 0 Å². The van der Waals surface area contributed by atoms with Crippen molar-refractivity contribution in [2.75, 3.05) is 6.54 Å². The summed E-state index contributed by atoms with van der Waals surface area (Å²) in [5.74, 6) is -0.0446. The molecule has 82 valence electrons. The molecule has 0 aromatic heterocycles. The summed E-state index contributed by atoms with van der Waals surface area (Å²) >= 11 is 6.75. The molecule has 0 aliphatic carbocycles. The molecule has 0 spiro atoms. The first-order chi connectivity index (χ1) is 7.00. The molecule has 0 saturated carbocycles. The number of alkyl halides is 1. The smallest absolute Gasteiger partial charge is 0.252 e. The van der Waals surface area contributed by atoms with Crippen LogP contribution in [0.2, 0.25) is 0 Å². The number of amides is 1. The second-order valence-corrected chi connectivity index (χ2v) is 5.89. The van der Waals surface area contributed by atoms with Crippen molar-refractivity contribution in [3.63, 3.8) is 0 Å². The van der Waals surface area contributed by atoms with Gasteiger partial charge in [0.05, 0.1) is 5.56 Å². The predicted molar refractivity (Wildman–Crippen MR) is 69.6 cm³/mol. The van der Waals surface area contributed by atoms with Gasteiger partial charge in [0.15, 0.2) is 0 Å². The van der Waals surface area contributed by atoms with Crippen molar-refractivity contribution >= 4 is 37.8 Å². The molecule has 1 N–H and O–H groups in total. The molecule has 1 unspecified atom stereocenters. The van der Waals surface area contributed by atoms with Crippen LogP contribution < -0.4 is 5.32 Å². The number of carbonyl (C=O) groups excluding carboxylic acids is 1.